The summed E-state index contributed by atoms with van der Waals surface area (Å²) >= 11 is 4.73. The molecule has 0 amide bonds. The van der Waals surface area contributed by atoms with Gasteiger partial charge >= 0.3 is 0 Å². The highest BCUT2D eigenvalue weighted by molar-refractivity contribution is 9.10. The van der Waals surface area contributed by atoms with E-state index >= 15 is 0 Å². The SMILES string of the molecule is Oc1cc(-c2nn3c(C4CCOC4)nnc3s2)ccc1Br. The number of ether oxygens (including phenoxy) is 1. The predicted octanol–water partition coefficient (Wildman–Crippen LogP) is 2.82. The molecule has 3 heterocycles. The fraction of sp³-hybridized carbons (Fsp3) is 0.308. The van der Waals surface area contributed by atoms with Gasteiger partial charge in [0.2, 0.25) is 4.96 Å². The van der Waals surface area contributed by atoms with Crippen molar-refractivity contribution in [1.29, 1.82) is 0 Å². The van der Waals surface area contributed by atoms with E-state index in [4.69, 9.17) is 4.74 Å². The summed E-state index contributed by atoms with van der Waals surface area (Å²) in [6.45, 7) is 1.43. The molecule has 2 aromatic heterocycles. The molecule has 3 aromatic rings. The van der Waals surface area contributed by atoms with E-state index in [-0.39, 0.29) is 11.7 Å². The normalized spacial score (nSPS) is 18.6. The van der Waals surface area contributed by atoms with Crippen molar-refractivity contribution in [2.45, 2.75) is 12.3 Å². The van der Waals surface area contributed by atoms with Gasteiger partial charge in [-0.2, -0.15) is 9.61 Å². The van der Waals surface area contributed by atoms with Gasteiger partial charge in [0, 0.05) is 18.1 Å². The molecule has 1 aliphatic rings. The Balaban J connectivity index is 1.78. The fourth-order valence-corrected chi connectivity index (χ4v) is 3.48. The van der Waals surface area contributed by atoms with E-state index < -0.39 is 0 Å². The minimum absolute atomic E-state index is 0.197. The van der Waals surface area contributed by atoms with Gasteiger partial charge in [-0.3, -0.25) is 0 Å². The Morgan fingerprint density at radius 2 is 2.29 bits per heavy atom. The number of aromatic nitrogens is 4. The third-order valence-corrected chi connectivity index (χ3v) is 5.12. The summed E-state index contributed by atoms with van der Waals surface area (Å²) < 4.78 is 7.86. The number of hydrogen-bond donors (Lipinski definition) is 1. The van der Waals surface area contributed by atoms with Crippen LogP contribution in [0.1, 0.15) is 18.2 Å². The van der Waals surface area contributed by atoms with Crippen LogP contribution >= 0.6 is 27.3 Å². The summed E-state index contributed by atoms with van der Waals surface area (Å²) in [7, 11) is 0. The molecule has 0 saturated carbocycles. The number of rotatable bonds is 2. The van der Waals surface area contributed by atoms with E-state index in [9.17, 15) is 5.11 Å². The predicted molar refractivity (Wildman–Crippen MR) is 81.6 cm³/mol. The lowest BCUT2D eigenvalue weighted by atomic mass is 10.1. The third-order valence-electron chi connectivity index (χ3n) is 3.50. The van der Waals surface area contributed by atoms with Gasteiger partial charge in [-0.1, -0.05) is 17.4 Å². The summed E-state index contributed by atoms with van der Waals surface area (Å²) in [5.74, 6) is 1.31. The van der Waals surface area contributed by atoms with Gasteiger partial charge in [0.15, 0.2) is 5.82 Å². The van der Waals surface area contributed by atoms with E-state index in [1.54, 1.807) is 16.6 Å². The van der Waals surface area contributed by atoms with Crippen LogP contribution in [0.2, 0.25) is 0 Å². The average Bonchev–Trinajstić information content (AvgIpc) is 3.16. The zero-order valence-electron chi connectivity index (χ0n) is 10.9. The molecule has 6 nitrogen and oxygen atoms in total. The lowest BCUT2D eigenvalue weighted by Crippen LogP contribution is -2.04. The molecule has 1 aliphatic heterocycles. The molecule has 4 rings (SSSR count). The molecule has 8 heteroatoms. The molecule has 1 unspecified atom stereocenters. The van der Waals surface area contributed by atoms with E-state index in [1.807, 2.05) is 6.07 Å². The number of aromatic hydroxyl groups is 1. The van der Waals surface area contributed by atoms with Crippen molar-refractivity contribution in [3.8, 4) is 16.3 Å². The molecule has 0 bridgehead atoms. The molecule has 1 atom stereocenters. The highest BCUT2D eigenvalue weighted by atomic mass is 79.9. The Labute approximate surface area is 132 Å². The second kappa shape index (κ2) is 5.04. The minimum Gasteiger partial charge on any atom is -0.507 e. The first kappa shape index (κ1) is 13.2. The molecule has 0 spiro atoms. The molecule has 1 aromatic carbocycles. The van der Waals surface area contributed by atoms with Gasteiger partial charge in [0.25, 0.3) is 0 Å². The molecule has 1 saturated heterocycles. The number of hydrogen-bond acceptors (Lipinski definition) is 6. The highest BCUT2D eigenvalue weighted by Gasteiger charge is 2.25. The Kier molecular flexibility index (Phi) is 3.16. The van der Waals surface area contributed by atoms with Gasteiger partial charge in [-0.15, -0.1) is 10.2 Å². The van der Waals surface area contributed by atoms with Crippen LogP contribution in [0, 0.1) is 0 Å². The second-order valence-corrected chi connectivity index (χ2v) is 6.70. The van der Waals surface area contributed by atoms with Crippen molar-refractivity contribution in [3.05, 3.63) is 28.5 Å². The van der Waals surface area contributed by atoms with Crippen LogP contribution in [0.3, 0.4) is 0 Å². The van der Waals surface area contributed by atoms with Crippen LogP contribution < -0.4 is 0 Å². The molecule has 1 N–H and O–H groups in total. The molecule has 0 radical (unpaired) electrons. The number of phenolic OH excluding ortho intramolecular Hbond substituents is 1. The first-order valence-corrected chi connectivity index (χ1v) is 8.12. The van der Waals surface area contributed by atoms with Gasteiger partial charge in [0.1, 0.15) is 10.8 Å². The molecule has 0 aliphatic carbocycles. The van der Waals surface area contributed by atoms with Crippen LogP contribution in [-0.4, -0.2) is 38.1 Å². The number of fused-ring (bicyclic) bond motifs is 1. The van der Waals surface area contributed by atoms with E-state index in [0.29, 0.717) is 11.1 Å². The van der Waals surface area contributed by atoms with E-state index in [2.05, 4.69) is 31.2 Å². The van der Waals surface area contributed by atoms with Crippen LogP contribution in [0.25, 0.3) is 15.5 Å². The van der Waals surface area contributed by atoms with Crippen LogP contribution in [-0.2, 0) is 4.74 Å². The molecule has 108 valence electrons. The maximum absolute atomic E-state index is 9.79. The number of nitrogens with zero attached hydrogens (tertiary/aromatic N) is 4. The number of phenols is 1. The van der Waals surface area contributed by atoms with Gasteiger partial charge in [0.05, 0.1) is 11.1 Å². The quantitative estimate of drug-likeness (QED) is 0.754. The zero-order chi connectivity index (χ0) is 14.4. The highest BCUT2D eigenvalue weighted by Crippen LogP contribution is 2.33. The topological polar surface area (TPSA) is 72.5 Å². The summed E-state index contributed by atoms with van der Waals surface area (Å²) in [5, 5.41) is 23.6. The van der Waals surface area contributed by atoms with Crippen molar-refractivity contribution in [1.82, 2.24) is 19.8 Å². The molecule has 21 heavy (non-hydrogen) atoms. The standard InChI is InChI=1S/C13H11BrN4O2S/c14-9-2-1-7(5-10(9)19)12-17-18-11(8-3-4-20-6-8)15-16-13(18)21-12/h1-2,5,8,19H,3-4,6H2. The lowest BCUT2D eigenvalue weighted by Gasteiger charge is -2.02. The summed E-state index contributed by atoms with van der Waals surface area (Å²) in [5.41, 5.74) is 0.861. The van der Waals surface area contributed by atoms with Crippen molar-refractivity contribution < 1.29 is 9.84 Å². The summed E-state index contributed by atoms with van der Waals surface area (Å²) in [6.07, 6.45) is 0.951. The van der Waals surface area contributed by atoms with E-state index in [1.165, 1.54) is 11.3 Å². The Bertz CT molecular complexity index is 810. The second-order valence-electron chi connectivity index (χ2n) is 4.89. The smallest absolute Gasteiger partial charge is 0.234 e. The third kappa shape index (κ3) is 2.23. The Morgan fingerprint density at radius 3 is 3.05 bits per heavy atom. The van der Waals surface area contributed by atoms with Crippen molar-refractivity contribution in [2.75, 3.05) is 13.2 Å². The maximum atomic E-state index is 9.79. The summed E-state index contributed by atoms with van der Waals surface area (Å²) in [6, 6.07) is 5.40. The Hall–Kier alpha value is -1.51. The maximum Gasteiger partial charge on any atom is 0.234 e. The molecular weight excluding hydrogens is 356 g/mol. The minimum atomic E-state index is 0.197. The lowest BCUT2D eigenvalue weighted by molar-refractivity contribution is 0.193. The molecular formula is C13H11BrN4O2S. The van der Waals surface area contributed by atoms with Crippen molar-refractivity contribution in [3.63, 3.8) is 0 Å². The Morgan fingerprint density at radius 1 is 1.38 bits per heavy atom. The van der Waals surface area contributed by atoms with Gasteiger partial charge in [-0.05, 0) is 34.5 Å². The van der Waals surface area contributed by atoms with Crippen molar-refractivity contribution in [2.24, 2.45) is 0 Å². The summed E-state index contributed by atoms with van der Waals surface area (Å²) in [4.78, 5) is 0.759. The fourth-order valence-electron chi connectivity index (χ4n) is 2.39. The van der Waals surface area contributed by atoms with Crippen molar-refractivity contribution >= 4 is 32.2 Å². The van der Waals surface area contributed by atoms with E-state index in [0.717, 1.165) is 34.4 Å². The van der Waals surface area contributed by atoms with Gasteiger partial charge in [-0.25, -0.2) is 0 Å². The van der Waals surface area contributed by atoms with Crippen LogP contribution in [0.5, 0.6) is 5.75 Å². The number of benzene rings is 1. The average molecular weight is 367 g/mol. The number of halogens is 1. The van der Waals surface area contributed by atoms with Crippen LogP contribution in [0.4, 0.5) is 0 Å². The first-order valence-electron chi connectivity index (χ1n) is 6.51. The van der Waals surface area contributed by atoms with Crippen LogP contribution in [0.15, 0.2) is 22.7 Å². The molecule has 1 fully saturated rings. The first-order chi connectivity index (χ1) is 10.2. The monoisotopic (exact) mass is 366 g/mol. The zero-order valence-corrected chi connectivity index (χ0v) is 13.3. The van der Waals surface area contributed by atoms with Gasteiger partial charge < -0.3 is 9.84 Å². The largest absolute Gasteiger partial charge is 0.507 e.